The maximum absolute atomic E-state index is 12.0. The van der Waals surface area contributed by atoms with E-state index in [-0.39, 0.29) is 17.9 Å². The van der Waals surface area contributed by atoms with Crippen LogP contribution in [0.4, 0.5) is 0 Å². The van der Waals surface area contributed by atoms with Gasteiger partial charge < -0.3 is 15.0 Å². The summed E-state index contributed by atoms with van der Waals surface area (Å²) in [7, 11) is 2.04. The van der Waals surface area contributed by atoms with Gasteiger partial charge in [-0.15, -0.1) is 0 Å². The number of aliphatic hydroxyl groups excluding tert-OH is 1. The monoisotopic (exact) mass is 264 g/mol. The number of aromatic nitrogens is 1. The van der Waals surface area contributed by atoms with Crippen molar-refractivity contribution in [2.24, 2.45) is 13.0 Å². The van der Waals surface area contributed by atoms with Crippen LogP contribution in [0.15, 0.2) is 18.3 Å². The first-order valence-corrected chi connectivity index (χ1v) is 7.16. The summed E-state index contributed by atoms with van der Waals surface area (Å²) >= 11 is 0. The zero-order valence-corrected chi connectivity index (χ0v) is 11.8. The van der Waals surface area contributed by atoms with Crippen LogP contribution in [-0.4, -0.2) is 27.7 Å². The van der Waals surface area contributed by atoms with Gasteiger partial charge in [-0.05, 0) is 51.2 Å². The van der Waals surface area contributed by atoms with Crippen LogP contribution in [-0.2, 0) is 18.3 Å². The largest absolute Gasteiger partial charge is 0.392 e. The van der Waals surface area contributed by atoms with Crippen molar-refractivity contribution in [3.05, 3.63) is 24.0 Å². The molecule has 1 saturated carbocycles. The van der Waals surface area contributed by atoms with Crippen LogP contribution in [0.3, 0.4) is 0 Å². The smallest absolute Gasteiger partial charge is 0.225 e. The Morgan fingerprint density at radius 3 is 2.95 bits per heavy atom. The van der Waals surface area contributed by atoms with Gasteiger partial charge >= 0.3 is 0 Å². The van der Waals surface area contributed by atoms with Gasteiger partial charge in [0.2, 0.25) is 5.91 Å². The average molecular weight is 264 g/mol. The van der Waals surface area contributed by atoms with E-state index in [1.807, 2.05) is 26.2 Å². The first kappa shape index (κ1) is 14.1. The van der Waals surface area contributed by atoms with E-state index in [0.717, 1.165) is 32.1 Å². The van der Waals surface area contributed by atoms with Gasteiger partial charge in [-0.1, -0.05) is 0 Å². The quantitative estimate of drug-likeness (QED) is 0.849. The topological polar surface area (TPSA) is 54.3 Å². The lowest BCUT2D eigenvalue weighted by atomic mass is 10.0. The van der Waals surface area contributed by atoms with Gasteiger partial charge in [0.25, 0.3) is 0 Å². The molecule has 1 heterocycles. The van der Waals surface area contributed by atoms with Gasteiger partial charge in [0.05, 0.1) is 12.0 Å². The fraction of sp³-hybridized carbons (Fsp3) is 0.667. The Morgan fingerprint density at radius 1 is 1.58 bits per heavy atom. The van der Waals surface area contributed by atoms with E-state index in [9.17, 15) is 9.90 Å². The van der Waals surface area contributed by atoms with E-state index in [1.54, 1.807) is 0 Å². The lowest BCUT2D eigenvalue weighted by Gasteiger charge is -2.19. The Morgan fingerprint density at radius 2 is 2.37 bits per heavy atom. The van der Waals surface area contributed by atoms with Crippen molar-refractivity contribution in [1.29, 1.82) is 0 Å². The van der Waals surface area contributed by atoms with Crippen molar-refractivity contribution in [2.45, 2.75) is 51.2 Å². The second-order valence-corrected chi connectivity index (χ2v) is 5.66. The number of amides is 1. The summed E-state index contributed by atoms with van der Waals surface area (Å²) in [6.07, 6.45) is 6.00. The molecule has 106 valence electrons. The number of nitrogens with zero attached hydrogens (tertiary/aromatic N) is 1. The zero-order chi connectivity index (χ0) is 13.8. The summed E-state index contributed by atoms with van der Waals surface area (Å²) in [6.45, 7) is 2.03. The molecule has 3 unspecified atom stereocenters. The van der Waals surface area contributed by atoms with Crippen LogP contribution in [0.2, 0.25) is 0 Å². The number of aliphatic hydroxyl groups is 1. The van der Waals surface area contributed by atoms with E-state index in [1.165, 1.54) is 5.69 Å². The van der Waals surface area contributed by atoms with Crippen LogP contribution < -0.4 is 5.32 Å². The molecule has 0 bridgehead atoms. The number of carbonyl (C=O) groups excluding carboxylic acids is 1. The lowest BCUT2D eigenvalue weighted by molar-refractivity contribution is -0.128. The van der Waals surface area contributed by atoms with Crippen LogP contribution in [0, 0.1) is 5.92 Å². The minimum atomic E-state index is -0.444. The fourth-order valence-electron chi connectivity index (χ4n) is 2.79. The summed E-state index contributed by atoms with van der Waals surface area (Å²) in [5.41, 5.74) is 1.28. The summed E-state index contributed by atoms with van der Waals surface area (Å²) in [5.74, 6) is -0.179. The van der Waals surface area contributed by atoms with Gasteiger partial charge in [0.1, 0.15) is 0 Å². The molecule has 19 heavy (non-hydrogen) atoms. The zero-order valence-electron chi connectivity index (χ0n) is 11.8. The Balaban J connectivity index is 1.76. The lowest BCUT2D eigenvalue weighted by Crippen LogP contribution is -2.40. The molecule has 0 aromatic carbocycles. The highest BCUT2D eigenvalue weighted by atomic mass is 16.3. The molecule has 1 aliphatic rings. The molecule has 0 spiro atoms. The molecule has 1 aliphatic carbocycles. The van der Waals surface area contributed by atoms with Crippen molar-refractivity contribution >= 4 is 5.91 Å². The Kier molecular flexibility index (Phi) is 4.64. The van der Waals surface area contributed by atoms with Crippen molar-refractivity contribution < 1.29 is 9.90 Å². The van der Waals surface area contributed by atoms with E-state index >= 15 is 0 Å². The fourth-order valence-corrected chi connectivity index (χ4v) is 2.79. The minimum absolute atomic E-state index is 0.0179. The van der Waals surface area contributed by atoms with Crippen LogP contribution in [0.25, 0.3) is 0 Å². The molecule has 1 aromatic rings. The number of nitrogens with one attached hydrogen (secondary N) is 1. The highest BCUT2D eigenvalue weighted by Crippen LogP contribution is 2.25. The van der Waals surface area contributed by atoms with Crippen LogP contribution in [0.1, 0.15) is 38.3 Å². The molecule has 2 rings (SSSR count). The van der Waals surface area contributed by atoms with Crippen LogP contribution >= 0.6 is 0 Å². The third-order valence-electron chi connectivity index (χ3n) is 4.09. The van der Waals surface area contributed by atoms with E-state index in [2.05, 4.69) is 16.0 Å². The molecule has 0 radical (unpaired) electrons. The number of hydrogen-bond donors (Lipinski definition) is 2. The maximum atomic E-state index is 12.0. The molecule has 4 nitrogen and oxygen atoms in total. The normalized spacial score (nSPS) is 24.4. The predicted octanol–water partition coefficient (Wildman–Crippen LogP) is 1.62. The second-order valence-electron chi connectivity index (χ2n) is 5.66. The first-order valence-electron chi connectivity index (χ1n) is 7.16. The van der Waals surface area contributed by atoms with Crippen LogP contribution in [0.5, 0.6) is 0 Å². The standard InChI is InChI=1S/C15H24N2O2/c1-11(8-9-12-5-4-10-17(12)2)16-15(19)13-6-3-7-14(13)18/h4-5,10-11,13-14,18H,3,6-9H2,1-2H3,(H,16,19). The van der Waals surface area contributed by atoms with Gasteiger partial charge in [0, 0.05) is 25.0 Å². The number of rotatable bonds is 5. The number of aryl methyl sites for hydroxylation is 2. The minimum Gasteiger partial charge on any atom is -0.392 e. The van der Waals surface area contributed by atoms with E-state index in [4.69, 9.17) is 0 Å². The molecule has 1 amide bonds. The first-order chi connectivity index (χ1) is 9.08. The molecule has 1 fully saturated rings. The van der Waals surface area contributed by atoms with Crippen molar-refractivity contribution in [3.8, 4) is 0 Å². The average Bonchev–Trinajstić information content (AvgIpc) is 2.95. The molecule has 1 aromatic heterocycles. The second kappa shape index (κ2) is 6.24. The highest BCUT2D eigenvalue weighted by molar-refractivity contribution is 5.79. The summed E-state index contributed by atoms with van der Waals surface area (Å²) in [4.78, 5) is 12.0. The van der Waals surface area contributed by atoms with E-state index < -0.39 is 6.10 Å². The summed E-state index contributed by atoms with van der Waals surface area (Å²) in [6, 6.07) is 4.29. The van der Waals surface area contributed by atoms with Gasteiger partial charge in [0.15, 0.2) is 0 Å². The molecular weight excluding hydrogens is 240 g/mol. The SMILES string of the molecule is CC(CCc1cccn1C)NC(=O)C1CCCC1O. The highest BCUT2D eigenvalue weighted by Gasteiger charge is 2.31. The predicted molar refractivity (Wildman–Crippen MR) is 74.7 cm³/mol. The van der Waals surface area contributed by atoms with Gasteiger partial charge in [-0.25, -0.2) is 0 Å². The molecule has 0 saturated heterocycles. The Bertz CT molecular complexity index is 428. The van der Waals surface area contributed by atoms with E-state index in [0.29, 0.717) is 0 Å². The summed E-state index contributed by atoms with van der Waals surface area (Å²) in [5, 5.41) is 12.8. The third-order valence-corrected chi connectivity index (χ3v) is 4.09. The molecule has 4 heteroatoms. The number of hydrogen-bond acceptors (Lipinski definition) is 2. The van der Waals surface area contributed by atoms with Crippen molar-refractivity contribution in [3.63, 3.8) is 0 Å². The van der Waals surface area contributed by atoms with Crippen molar-refractivity contribution in [1.82, 2.24) is 9.88 Å². The molecular formula is C15H24N2O2. The third kappa shape index (κ3) is 3.60. The molecule has 3 atom stereocenters. The Hall–Kier alpha value is -1.29. The number of carbonyl (C=O) groups is 1. The van der Waals surface area contributed by atoms with Crippen molar-refractivity contribution in [2.75, 3.05) is 0 Å². The van der Waals surface area contributed by atoms with Gasteiger partial charge in [-0.2, -0.15) is 0 Å². The maximum Gasteiger partial charge on any atom is 0.225 e. The summed E-state index contributed by atoms with van der Waals surface area (Å²) < 4.78 is 2.11. The molecule has 2 N–H and O–H groups in total. The molecule has 0 aliphatic heterocycles. The van der Waals surface area contributed by atoms with Gasteiger partial charge in [-0.3, -0.25) is 4.79 Å². The Labute approximate surface area is 114 Å².